The lowest BCUT2D eigenvalue weighted by Crippen LogP contribution is -2.39. The van der Waals surface area contributed by atoms with Gasteiger partial charge >= 0.3 is 6.03 Å². The maximum absolute atomic E-state index is 11.8. The number of hydrogen-bond acceptors (Lipinski definition) is 2. The lowest BCUT2D eigenvalue weighted by Gasteiger charge is -2.18. The second-order valence-electron chi connectivity index (χ2n) is 5.12. The van der Waals surface area contributed by atoms with Gasteiger partial charge in [0.15, 0.2) is 0 Å². The number of aryl methyl sites for hydroxylation is 1. The third-order valence-electron chi connectivity index (χ3n) is 3.43. The van der Waals surface area contributed by atoms with E-state index in [1.807, 2.05) is 32.9 Å². The molecule has 0 aromatic heterocycles. The van der Waals surface area contributed by atoms with Gasteiger partial charge in [-0.05, 0) is 31.7 Å². The highest BCUT2D eigenvalue weighted by Crippen LogP contribution is 2.16. The normalized spacial score (nSPS) is 13.6. The minimum Gasteiger partial charge on any atom is -0.393 e. The summed E-state index contributed by atoms with van der Waals surface area (Å²) in [7, 11) is 0. The van der Waals surface area contributed by atoms with Gasteiger partial charge in [-0.15, -0.1) is 0 Å². The van der Waals surface area contributed by atoms with Crippen molar-refractivity contribution in [2.75, 3.05) is 6.54 Å². The van der Waals surface area contributed by atoms with Crippen molar-refractivity contribution in [3.8, 4) is 0 Å². The maximum atomic E-state index is 11.8. The van der Waals surface area contributed by atoms with Gasteiger partial charge in [0, 0.05) is 6.54 Å². The first-order chi connectivity index (χ1) is 9.56. The smallest absolute Gasteiger partial charge is 0.315 e. The van der Waals surface area contributed by atoms with Gasteiger partial charge < -0.3 is 15.7 Å². The van der Waals surface area contributed by atoms with Gasteiger partial charge in [0.2, 0.25) is 0 Å². The van der Waals surface area contributed by atoms with Gasteiger partial charge in [0.05, 0.1) is 12.1 Å². The Morgan fingerprint density at radius 1 is 1.20 bits per heavy atom. The molecule has 0 saturated heterocycles. The van der Waals surface area contributed by atoms with Crippen LogP contribution < -0.4 is 10.6 Å². The molecule has 112 valence electrons. The van der Waals surface area contributed by atoms with Crippen molar-refractivity contribution in [1.82, 2.24) is 10.6 Å². The molecule has 1 aromatic carbocycles. The highest BCUT2D eigenvalue weighted by molar-refractivity contribution is 5.74. The molecule has 1 aromatic rings. The topological polar surface area (TPSA) is 61.4 Å². The molecular weight excluding hydrogens is 252 g/mol. The highest BCUT2D eigenvalue weighted by Gasteiger charge is 2.12. The molecule has 2 amide bonds. The molecule has 0 aliphatic carbocycles. The number of aliphatic hydroxyl groups is 1. The molecule has 4 heteroatoms. The van der Waals surface area contributed by atoms with Crippen LogP contribution in [0.3, 0.4) is 0 Å². The number of carbonyl (C=O) groups excluding carboxylic acids is 1. The van der Waals surface area contributed by atoms with E-state index in [9.17, 15) is 9.90 Å². The average Bonchev–Trinajstić information content (AvgIpc) is 2.45. The van der Waals surface area contributed by atoms with Crippen molar-refractivity contribution in [1.29, 1.82) is 0 Å². The molecule has 2 atom stereocenters. The van der Waals surface area contributed by atoms with Crippen molar-refractivity contribution in [2.45, 2.75) is 52.2 Å². The minimum atomic E-state index is -0.339. The van der Waals surface area contributed by atoms with Crippen LogP contribution in [0.5, 0.6) is 0 Å². The van der Waals surface area contributed by atoms with Crippen molar-refractivity contribution in [2.24, 2.45) is 0 Å². The summed E-state index contributed by atoms with van der Waals surface area (Å²) in [5, 5.41) is 15.2. The fourth-order valence-electron chi connectivity index (χ4n) is 1.99. The van der Waals surface area contributed by atoms with Crippen LogP contribution in [-0.4, -0.2) is 23.8 Å². The van der Waals surface area contributed by atoms with Crippen LogP contribution in [0.15, 0.2) is 24.3 Å². The number of aliphatic hydroxyl groups excluding tert-OH is 1. The Bertz CT molecular complexity index is 403. The van der Waals surface area contributed by atoms with E-state index in [0.29, 0.717) is 19.4 Å². The lowest BCUT2D eigenvalue weighted by atomic mass is 10.0. The fraction of sp³-hybridized carbons (Fsp3) is 0.562. The van der Waals surface area contributed by atoms with Gasteiger partial charge in [0.25, 0.3) is 0 Å². The molecule has 0 saturated carbocycles. The second kappa shape index (κ2) is 8.59. The van der Waals surface area contributed by atoms with Crippen LogP contribution in [0.4, 0.5) is 4.79 Å². The standard InChI is InChI=1S/C16H26N2O2/c1-4-14(19)10-11-17-16(20)18-15(5-2)13-8-6-12(3)7-9-13/h6-9,14-15,19H,4-5,10-11H2,1-3H3,(H2,17,18,20). The number of nitrogens with one attached hydrogen (secondary N) is 2. The van der Waals surface area contributed by atoms with Gasteiger partial charge in [0.1, 0.15) is 0 Å². The molecule has 2 unspecified atom stereocenters. The third-order valence-corrected chi connectivity index (χ3v) is 3.43. The molecular formula is C16H26N2O2. The zero-order chi connectivity index (χ0) is 15.0. The van der Waals surface area contributed by atoms with Crippen LogP contribution in [0.1, 0.15) is 50.3 Å². The predicted octanol–water partition coefficient (Wildman–Crippen LogP) is 2.91. The minimum absolute atomic E-state index is 0.0201. The third kappa shape index (κ3) is 5.61. The number of urea groups is 1. The Morgan fingerprint density at radius 3 is 2.40 bits per heavy atom. The van der Waals surface area contributed by atoms with Crippen LogP contribution in [0.25, 0.3) is 0 Å². The lowest BCUT2D eigenvalue weighted by molar-refractivity contribution is 0.160. The number of carbonyl (C=O) groups is 1. The van der Waals surface area contributed by atoms with Crippen molar-refractivity contribution >= 4 is 6.03 Å². The summed E-state index contributed by atoms with van der Waals surface area (Å²) in [5.74, 6) is 0. The van der Waals surface area contributed by atoms with E-state index >= 15 is 0 Å². The molecule has 20 heavy (non-hydrogen) atoms. The molecule has 3 N–H and O–H groups in total. The Hall–Kier alpha value is -1.55. The summed E-state index contributed by atoms with van der Waals surface area (Å²) in [6.07, 6.45) is 1.80. The molecule has 0 aliphatic rings. The van der Waals surface area contributed by atoms with Crippen LogP contribution in [-0.2, 0) is 0 Å². The number of hydrogen-bond donors (Lipinski definition) is 3. The Balaban J connectivity index is 2.43. The van der Waals surface area contributed by atoms with E-state index < -0.39 is 0 Å². The van der Waals surface area contributed by atoms with Crippen molar-refractivity contribution in [3.63, 3.8) is 0 Å². The fourth-order valence-corrected chi connectivity index (χ4v) is 1.99. The summed E-state index contributed by atoms with van der Waals surface area (Å²) >= 11 is 0. The maximum Gasteiger partial charge on any atom is 0.315 e. The zero-order valence-corrected chi connectivity index (χ0v) is 12.6. The van der Waals surface area contributed by atoms with Crippen molar-refractivity contribution in [3.05, 3.63) is 35.4 Å². The zero-order valence-electron chi connectivity index (χ0n) is 12.6. The van der Waals surface area contributed by atoms with E-state index in [4.69, 9.17) is 0 Å². The van der Waals surface area contributed by atoms with E-state index in [1.54, 1.807) is 0 Å². The number of amides is 2. The molecule has 0 spiro atoms. The Kier molecular flexibility index (Phi) is 7.09. The Labute approximate surface area is 121 Å². The van der Waals surface area contributed by atoms with Crippen LogP contribution in [0, 0.1) is 6.92 Å². The largest absolute Gasteiger partial charge is 0.393 e. The van der Waals surface area contributed by atoms with Gasteiger partial charge in [-0.2, -0.15) is 0 Å². The number of benzene rings is 1. The van der Waals surface area contributed by atoms with Gasteiger partial charge in [-0.1, -0.05) is 43.7 Å². The van der Waals surface area contributed by atoms with Gasteiger partial charge in [-0.3, -0.25) is 0 Å². The molecule has 4 nitrogen and oxygen atoms in total. The molecule has 0 bridgehead atoms. The van der Waals surface area contributed by atoms with E-state index in [0.717, 1.165) is 12.0 Å². The first-order valence-electron chi connectivity index (χ1n) is 7.35. The van der Waals surface area contributed by atoms with E-state index in [-0.39, 0.29) is 18.2 Å². The first kappa shape index (κ1) is 16.5. The first-order valence-corrected chi connectivity index (χ1v) is 7.35. The molecule has 1 rings (SSSR count). The predicted molar refractivity (Wildman–Crippen MR) is 81.7 cm³/mol. The highest BCUT2D eigenvalue weighted by atomic mass is 16.3. The summed E-state index contributed by atoms with van der Waals surface area (Å²) < 4.78 is 0. The van der Waals surface area contributed by atoms with Crippen LogP contribution >= 0.6 is 0 Å². The SMILES string of the molecule is CCC(O)CCNC(=O)NC(CC)c1ccc(C)cc1. The number of rotatable bonds is 7. The molecule has 0 fully saturated rings. The monoisotopic (exact) mass is 278 g/mol. The average molecular weight is 278 g/mol. The van der Waals surface area contributed by atoms with Gasteiger partial charge in [-0.25, -0.2) is 4.79 Å². The van der Waals surface area contributed by atoms with Crippen LogP contribution in [0.2, 0.25) is 0 Å². The second-order valence-corrected chi connectivity index (χ2v) is 5.12. The molecule has 0 radical (unpaired) electrons. The van der Waals surface area contributed by atoms with E-state index in [2.05, 4.69) is 22.8 Å². The molecule has 0 aliphatic heterocycles. The molecule has 0 heterocycles. The van der Waals surface area contributed by atoms with Crippen molar-refractivity contribution < 1.29 is 9.90 Å². The summed E-state index contributed by atoms with van der Waals surface area (Å²) in [6.45, 7) is 6.51. The summed E-state index contributed by atoms with van der Waals surface area (Å²) in [6, 6.07) is 8.03. The quantitative estimate of drug-likeness (QED) is 0.718. The summed E-state index contributed by atoms with van der Waals surface area (Å²) in [4.78, 5) is 11.8. The Morgan fingerprint density at radius 2 is 1.85 bits per heavy atom. The summed E-state index contributed by atoms with van der Waals surface area (Å²) in [5.41, 5.74) is 2.32. The van der Waals surface area contributed by atoms with E-state index in [1.165, 1.54) is 5.56 Å².